The highest BCUT2D eigenvalue weighted by Crippen LogP contribution is 2.19. The Hall–Kier alpha value is 0.310. The van der Waals surface area contributed by atoms with Crippen LogP contribution in [0.4, 0.5) is 0 Å². The van der Waals surface area contributed by atoms with Gasteiger partial charge in [0.25, 0.3) is 0 Å². The monoisotopic (exact) mass is 442 g/mol. The number of piperidine rings is 1. The molecular formula is C16H35IN4S. The van der Waals surface area contributed by atoms with Crippen LogP contribution in [-0.4, -0.2) is 61.1 Å². The van der Waals surface area contributed by atoms with Gasteiger partial charge in [-0.05, 0) is 38.9 Å². The molecule has 6 heteroatoms. The highest BCUT2D eigenvalue weighted by molar-refractivity contribution is 14.0. The number of hydrogen-bond donors (Lipinski definition) is 2. The van der Waals surface area contributed by atoms with Gasteiger partial charge in [-0.2, -0.15) is 11.8 Å². The van der Waals surface area contributed by atoms with Crippen LogP contribution < -0.4 is 10.6 Å². The van der Waals surface area contributed by atoms with Gasteiger partial charge in [-0.3, -0.25) is 4.99 Å². The maximum Gasteiger partial charge on any atom is 0.191 e. The number of hydrogen-bond acceptors (Lipinski definition) is 3. The lowest BCUT2D eigenvalue weighted by molar-refractivity contribution is 0.187. The maximum absolute atomic E-state index is 4.36. The third kappa shape index (κ3) is 8.82. The van der Waals surface area contributed by atoms with E-state index in [1.165, 1.54) is 32.5 Å². The smallest absolute Gasteiger partial charge is 0.191 e. The molecule has 2 N–H and O–H groups in total. The second kappa shape index (κ2) is 11.0. The van der Waals surface area contributed by atoms with Crippen LogP contribution in [0, 0.1) is 5.92 Å². The molecule has 0 aliphatic carbocycles. The number of nitrogens with zero attached hydrogens (tertiary/aromatic N) is 2. The topological polar surface area (TPSA) is 39.7 Å². The Balaban J connectivity index is 0.00000441. The van der Waals surface area contributed by atoms with Crippen molar-refractivity contribution in [2.45, 2.75) is 51.3 Å². The zero-order valence-corrected chi connectivity index (χ0v) is 18.3. The van der Waals surface area contributed by atoms with Crippen LogP contribution in [0.5, 0.6) is 0 Å². The van der Waals surface area contributed by atoms with Gasteiger partial charge in [-0.1, -0.05) is 13.8 Å². The Labute approximate surface area is 158 Å². The summed E-state index contributed by atoms with van der Waals surface area (Å²) in [4.78, 5) is 6.94. The first-order chi connectivity index (χ1) is 9.86. The lowest BCUT2D eigenvalue weighted by Crippen LogP contribution is -2.50. The summed E-state index contributed by atoms with van der Waals surface area (Å²) in [5, 5.41) is 7.03. The third-order valence-corrected chi connectivity index (χ3v) is 5.26. The number of guanidine groups is 1. The second-order valence-corrected chi connectivity index (χ2v) is 8.52. The van der Waals surface area contributed by atoms with Crippen LogP contribution in [0.3, 0.4) is 0 Å². The number of thioether (sulfide) groups is 1. The molecule has 0 atom stereocenters. The zero-order valence-electron chi connectivity index (χ0n) is 15.1. The highest BCUT2D eigenvalue weighted by Gasteiger charge is 2.21. The van der Waals surface area contributed by atoms with E-state index in [-0.39, 0.29) is 28.7 Å². The van der Waals surface area contributed by atoms with E-state index in [1.54, 1.807) is 0 Å². The summed E-state index contributed by atoms with van der Waals surface area (Å²) < 4.78 is 0.234. The molecule has 0 spiro atoms. The molecule has 0 aromatic carbocycles. The Morgan fingerprint density at radius 2 is 1.91 bits per heavy atom. The lowest BCUT2D eigenvalue weighted by Gasteiger charge is -2.34. The van der Waals surface area contributed by atoms with Gasteiger partial charge < -0.3 is 15.5 Å². The van der Waals surface area contributed by atoms with Crippen LogP contribution in [0.2, 0.25) is 0 Å². The van der Waals surface area contributed by atoms with Gasteiger partial charge in [0.15, 0.2) is 5.96 Å². The Morgan fingerprint density at radius 3 is 2.36 bits per heavy atom. The number of aliphatic imine (C=N–C) groups is 1. The Morgan fingerprint density at radius 1 is 1.32 bits per heavy atom. The van der Waals surface area contributed by atoms with Crippen molar-refractivity contribution < 1.29 is 0 Å². The van der Waals surface area contributed by atoms with Crippen molar-refractivity contribution in [2.75, 3.05) is 39.5 Å². The van der Waals surface area contributed by atoms with E-state index in [1.807, 2.05) is 18.8 Å². The van der Waals surface area contributed by atoms with E-state index in [9.17, 15) is 0 Å². The molecule has 0 radical (unpaired) electrons. The van der Waals surface area contributed by atoms with Gasteiger partial charge in [0.2, 0.25) is 0 Å². The van der Waals surface area contributed by atoms with E-state index in [0.29, 0.717) is 6.04 Å². The van der Waals surface area contributed by atoms with Gasteiger partial charge in [0.1, 0.15) is 0 Å². The van der Waals surface area contributed by atoms with Crippen LogP contribution in [0.15, 0.2) is 4.99 Å². The lowest BCUT2D eigenvalue weighted by atomic mass is 10.0. The summed E-state index contributed by atoms with van der Waals surface area (Å²) in [6, 6.07) is 0.553. The second-order valence-electron chi connectivity index (χ2n) is 7.00. The minimum absolute atomic E-state index is 0. The predicted octanol–water partition coefficient (Wildman–Crippen LogP) is 3.03. The number of rotatable bonds is 6. The number of halogens is 1. The van der Waals surface area contributed by atoms with Crippen molar-refractivity contribution in [3.8, 4) is 0 Å². The molecule has 22 heavy (non-hydrogen) atoms. The van der Waals surface area contributed by atoms with E-state index >= 15 is 0 Å². The first-order valence-electron chi connectivity index (χ1n) is 8.11. The average molecular weight is 442 g/mol. The Kier molecular flexibility index (Phi) is 11.1. The molecular weight excluding hydrogens is 407 g/mol. The van der Waals surface area contributed by atoms with Gasteiger partial charge in [0.05, 0.1) is 0 Å². The van der Waals surface area contributed by atoms with Crippen molar-refractivity contribution in [1.29, 1.82) is 0 Å². The quantitative estimate of drug-likeness (QED) is 0.377. The molecule has 0 aromatic rings. The molecule has 0 amide bonds. The molecule has 1 rings (SSSR count). The molecule has 1 heterocycles. The van der Waals surface area contributed by atoms with Crippen molar-refractivity contribution in [2.24, 2.45) is 10.9 Å². The number of nitrogens with one attached hydrogen (secondary N) is 2. The van der Waals surface area contributed by atoms with Crippen molar-refractivity contribution >= 4 is 41.7 Å². The summed E-state index contributed by atoms with van der Waals surface area (Å²) in [7, 11) is 1.86. The fraction of sp³-hybridized carbons (Fsp3) is 0.938. The van der Waals surface area contributed by atoms with Gasteiger partial charge >= 0.3 is 0 Å². The minimum Gasteiger partial charge on any atom is -0.355 e. The maximum atomic E-state index is 4.36. The fourth-order valence-electron chi connectivity index (χ4n) is 2.53. The molecule has 1 fully saturated rings. The number of likely N-dealkylation sites (tertiary alicyclic amines) is 1. The van der Waals surface area contributed by atoms with E-state index in [4.69, 9.17) is 0 Å². The average Bonchev–Trinajstić information content (AvgIpc) is 2.44. The van der Waals surface area contributed by atoms with Crippen LogP contribution in [0.25, 0.3) is 0 Å². The summed E-state index contributed by atoms with van der Waals surface area (Å²) in [6.45, 7) is 13.6. The molecule has 4 nitrogen and oxygen atoms in total. The zero-order chi connectivity index (χ0) is 15.9. The van der Waals surface area contributed by atoms with E-state index in [2.05, 4.69) is 54.5 Å². The standard InChI is InChI=1S/C16H34N4S.HI/c1-13(2)11-20-9-7-14(8-10-20)19-15(17-5)18-12-16(3,4)21-6;/h13-14H,7-12H2,1-6H3,(H2,17,18,19);1H. The fourth-order valence-corrected chi connectivity index (χ4v) is 2.75. The van der Waals surface area contributed by atoms with Crippen LogP contribution in [0.1, 0.15) is 40.5 Å². The third-order valence-electron chi connectivity index (χ3n) is 4.01. The molecule has 1 aliphatic heterocycles. The highest BCUT2D eigenvalue weighted by atomic mass is 127. The molecule has 1 saturated heterocycles. The SMILES string of the molecule is CN=C(NCC(C)(C)SC)NC1CCN(CC(C)C)CC1.I. The first kappa shape index (κ1) is 22.3. The minimum atomic E-state index is 0. The van der Waals surface area contributed by atoms with Crippen LogP contribution >= 0.6 is 35.7 Å². The molecule has 0 saturated carbocycles. The van der Waals surface area contributed by atoms with Gasteiger partial charge in [-0.25, -0.2) is 0 Å². The summed E-state index contributed by atoms with van der Waals surface area (Å²) in [5.41, 5.74) is 0. The van der Waals surface area contributed by atoms with Crippen molar-refractivity contribution in [3.05, 3.63) is 0 Å². The van der Waals surface area contributed by atoms with E-state index < -0.39 is 0 Å². The molecule has 0 bridgehead atoms. The summed E-state index contributed by atoms with van der Waals surface area (Å²) in [5.74, 6) is 1.71. The van der Waals surface area contributed by atoms with Crippen molar-refractivity contribution in [3.63, 3.8) is 0 Å². The molecule has 1 aliphatic rings. The van der Waals surface area contributed by atoms with Gasteiger partial charge in [-0.15, -0.1) is 24.0 Å². The summed E-state index contributed by atoms with van der Waals surface area (Å²) >= 11 is 1.88. The summed E-state index contributed by atoms with van der Waals surface area (Å²) in [6.07, 6.45) is 4.57. The first-order valence-corrected chi connectivity index (χ1v) is 9.33. The molecule has 132 valence electrons. The molecule has 0 unspecified atom stereocenters. The van der Waals surface area contributed by atoms with Crippen molar-refractivity contribution in [1.82, 2.24) is 15.5 Å². The predicted molar refractivity (Wildman–Crippen MR) is 112 cm³/mol. The Bertz CT molecular complexity index is 326. The van der Waals surface area contributed by atoms with Gasteiger partial charge in [0, 0.05) is 44.0 Å². The largest absolute Gasteiger partial charge is 0.355 e. The molecule has 0 aromatic heterocycles. The van der Waals surface area contributed by atoms with E-state index in [0.717, 1.165) is 18.4 Å². The normalized spacial score (nSPS) is 18.2. The van der Waals surface area contributed by atoms with Crippen LogP contribution in [-0.2, 0) is 0 Å².